The highest BCUT2D eigenvalue weighted by Crippen LogP contribution is 2.60. The summed E-state index contributed by atoms with van der Waals surface area (Å²) >= 11 is 0. The lowest BCUT2D eigenvalue weighted by Gasteiger charge is -2.18. The van der Waals surface area contributed by atoms with E-state index in [2.05, 4.69) is 31.9 Å². The van der Waals surface area contributed by atoms with Gasteiger partial charge in [-0.05, 0) is 62.8 Å². The van der Waals surface area contributed by atoms with Crippen LogP contribution >= 0.6 is 0 Å². The van der Waals surface area contributed by atoms with Gasteiger partial charge in [0.1, 0.15) is 0 Å². The first kappa shape index (κ1) is 11.2. The smallest absolute Gasteiger partial charge is 0.00642 e. The second-order valence-corrected chi connectivity index (χ2v) is 5.79. The van der Waals surface area contributed by atoms with Crippen molar-refractivity contribution in [3.63, 3.8) is 0 Å². The Bertz CT molecular complexity index is 235. The molecule has 0 aromatic rings. The molecular formula is C14H25N. The third-order valence-corrected chi connectivity index (χ3v) is 4.69. The maximum absolute atomic E-state index is 4.06. The Labute approximate surface area is 94.3 Å². The molecule has 15 heavy (non-hydrogen) atoms. The number of nitrogens with one attached hydrogen (secondary N) is 1. The highest BCUT2D eigenvalue weighted by atomic mass is 14.9. The molecule has 0 amide bonds. The molecule has 2 saturated carbocycles. The Hall–Kier alpha value is -0.300. The third-order valence-electron chi connectivity index (χ3n) is 4.69. The van der Waals surface area contributed by atoms with Gasteiger partial charge in [0.2, 0.25) is 0 Å². The van der Waals surface area contributed by atoms with Crippen LogP contribution in [0.4, 0.5) is 0 Å². The first-order chi connectivity index (χ1) is 7.20. The van der Waals surface area contributed by atoms with Crippen LogP contribution in [-0.4, -0.2) is 13.1 Å². The lowest BCUT2D eigenvalue weighted by Crippen LogP contribution is -2.25. The van der Waals surface area contributed by atoms with Crippen molar-refractivity contribution in [1.29, 1.82) is 0 Å². The molecule has 1 N–H and O–H groups in total. The second kappa shape index (κ2) is 4.29. The average Bonchev–Trinajstić information content (AvgIpc) is 2.91. The molecule has 1 nitrogen and oxygen atoms in total. The number of rotatable bonds is 2. The molecule has 0 aromatic heterocycles. The van der Waals surface area contributed by atoms with Crippen molar-refractivity contribution in [2.75, 3.05) is 7.05 Å². The summed E-state index contributed by atoms with van der Waals surface area (Å²) in [6.45, 7) is 6.47. The molecule has 4 atom stereocenters. The molecule has 2 rings (SSSR count). The molecule has 2 aliphatic rings. The summed E-state index contributed by atoms with van der Waals surface area (Å²) in [7, 11) is 2.11. The molecule has 0 radical (unpaired) electrons. The minimum Gasteiger partial charge on any atom is -0.317 e. The predicted octanol–water partition coefficient (Wildman–Crippen LogP) is 3.37. The number of allylic oxidation sites excluding steroid dienone is 1. The minimum atomic E-state index is 0.544. The molecule has 3 unspecified atom stereocenters. The van der Waals surface area contributed by atoms with E-state index in [0.29, 0.717) is 5.41 Å². The fourth-order valence-corrected chi connectivity index (χ4v) is 3.44. The highest BCUT2D eigenvalue weighted by molar-refractivity contribution is 5.13. The molecule has 2 aliphatic carbocycles. The summed E-state index contributed by atoms with van der Waals surface area (Å²) in [4.78, 5) is 0. The summed E-state index contributed by atoms with van der Waals surface area (Å²) < 4.78 is 0. The maximum atomic E-state index is 4.06. The summed E-state index contributed by atoms with van der Waals surface area (Å²) in [6, 6.07) is 0.758. The van der Waals surface area contributed by atoms with Crippen molar-refractivity contribution < 1.29 is 0 Å². The molecular weight excluding hydrogens is 182 g/mol. The number of hydrogen-bond donors (Lipinski definition) is 1. The second-order valence-electron chi connectivity index (χ2n) is 5.79. The lowest BCUT2D eigenvalue weighted by molar-refractivity contribution is 0.377. The van der Waals surface area contributed by atoms with Gasteiger partial charge < -0.3 is 5.32 Å². The van der Waals surface area contributed by atoms with Gasteiger partial charge in [-0.15, -0.1) is 6.58 Å². The fourth-order valence-electron chi connectivity index (χ4n) is 3.44. The van der Waals surface area contributed by atoms with E-state index in [-0.39, 0.29) is 0 Å². The van der Waals surface area contributed by atoms with E-state index in [1.54, 1.807) is 0 Å². The van der Waals surface area contributed by atoms with Crippen LogP contribution in [0.5, 0.6) is 0 Å². The van der Waals surface area contributed by atoms with E-state index >= 15 is 0 Å². The van der Waals surface area contributed by atoms with Crippen molar-refractivity contribution in [3.05, 3.63) is 12.7 Å². The summed E-state index contributed by atoms with van der Waals surface area (Å²) in [6.07, 6.45) is 10.6. The molecule has 0 aliphatic heterocycles. The van der Waals surface area contributed by atoms with Crippen LogP contribution in [0.1, 0.15) is 45.4 Å². The third kappa shape index (κ3) is 2.28. The molecule has 0 heterocycles. The van der Waals surface area contributed by atoms with Gasteiger partial charge in [-0.2, -0.15) is 0 Å². The van der Waals surface area contributed by atoms with Crippen LogP contribution in [0.3, 0.4) is 0 Å². The zero-order chi connectivity index (χ0) is 10.9. The zero-order valence-corrected chi connectivity index (χ0v) is 10.3. The van der Waals surface area contributed by atoms with Gasteiger partial charge in [0.25, 0.3) is 0 Å². The van der Waals surface area contributed by atoms with Gasteiger partial charge in [-0.1, -0.05) is 13.0 Å². The van der Waals surface area contributed by atoms with Crippen LogP contribution in [0.2, 0.25) is 0 Å². The van der Waals surface area contributed by atoms with Gasteiger partial charge in [0, 0.05) is 6.04 Å². The topological polar surface area (TPSA) is 12.0 Å². The Morgan fingerprint density at radius 2 is 1.93 bits per heavy atom. The van der Waals surface area contributed by atoms with Crippen molar-refractivity contribution in [2.24, 2.45) is 17.3 Å². The summed E-state index contributed by atoms with van der Waals surface area (Å²) in [5.74, 6) is 1.83. The maximum Gasteiger partial charge on any atom is 0.00642 e. The van der Waals surface area contributed by atoms with Crippen LogP contribution in [0, 0.1) is 17.3 Å². The van der Waals surface area contributed by atoms with E-state index in [1.807, 2.05) is 0 Å². The minimum absolute atomic E-state index is 0.544. The largest absolute Gasteiger partial charge is 0.317 e. The summed E-state index contributed by atoms with van der Waals surface area (Å²) in [5.41, 5.74) is 0.544. The van der Waals surface area contributed by atoms with Gasteiger partial charge in [0.05, 0.1) is 0 Å². The number of fused-ring (bicyclic) bond motifs is 1. The SMILES string of the molecule is C=CC12CC(C)CC[C@@H](NC)CCC1C2. The zero-order valence-electron chi connectivity index (χ0n) is 10.3. The molecule has 86 valence electrons. The Morgan fingerprint density at radius 1 is 1.20 bits per heavy atom. The van der Waals surface area contributed by atoms with Crippen molar-refractivity contribution >= 4 is 0 Å². The summed E-state index contributed by atoms with van der Waals surface area (Å²) in [5, 5.41) is 3.46. The molecule has 1 heteroatoms. The van der Waals surface area contributed by atoms with Gasteiger partial charge in [-0.3, -0.25) is 0 Å². The Morgan fingerprint density at radius 3 is 2.60 bits per heavy atom. The van der Waals surface area contributed by atoms with Crippen molar-refractivity contribution in [1.82, 2.24) is 5.32 Å². The molecule has 0 bridgehead atoms. The first-order valence-corrected chi connectivity index (χ1v) is 6.51. The van der Waals surface area contributed by atoms with Crippen LogP contribution < -0.4 is 5.32 Å². The van der Waals surface area contributed by atoms with E-state index in [4.69, 9.17) is 0 Å². The predicted molar refractivity (Wildman–Crippen MR) is 65.8 cm³/mol. The van der Waals surface area contributed by atoms with E-state index in [1.165, 1.54) is 38.5 Å². The van der Waals surface area contributed by atoms with Crippen LogP contribution in [0.15, 0.2) is 12.7 Å². The lowest BCUT2D eigenvalue weighted by atomic mass is 9.88. The highest BCUT2D eigenvalue weighted by Gasteiger charge is 2.51. The monoisotopic (exact) mass is 207 g/mol. The fraction of sp³-hybridized carbons (Fsp3) is 0.857. The van der Waals surface area contributed by atoms with E-state index in [9.17, 15) is 0 Å². The average molecular weight is 207 g/mol. The van der Waals surface area contributed by atoms with Crippen LogP contribution in [0.25, 0.3) is 0 Å². The Balaban J connectivity index is 2.00. The normalized spacial score (nSPS) is 45.9. The van der Waals surface area contributed by atoms with Gasteiger partial charge in [0.15, 0.2) is 0 Å². The first-order valence-electron chi connectivity index (χ1n) is 6.51. The molecule has 2 fully saturated rings. The molecule has 0 spiro atoms. The van der Waals surface area contributed by atoms with Gasteiger partial charge >= 0.3 is 0 Å². The van der Waals surface area contributed by atoms with E-state index in [0.717, 1.165) is 17.9 Å². The van der Waals surface area contributed by atoms with E-state index < -0.39 is 0 Å². The number of hydrogen-bond acceptors (Lipinski definition) is 1. The van der Waals surface area contributed by atoms with Gasteiger partial charge in [-0.25, -0.2) is 0 Å². The Kier molecular flexibility index (Phi) is 3.20. The van der Waals surface area contributed by atoms with Crippen LogP contribution in [-0.2, 0) is 0 Å². The molecule has 0 aromatic carbocycles. The molecule has 0 saturated heterocycles. The van der Waals surface area contributed by atoms with Crippen molar-refractivity contribution in [3.8, 4) is 0 Å². The standard InChI is InChI=1S/C14H25N/c1-4-14-9-11(2)5-7-13(15-3)8-6-12(14)10-14/h4,11-13,15H,1,5-10H2,2-3H3/t11?,12?,13-,14?/m1/s1. The van der Waals surface area contributed by atoms with Crippen molar-refractivity contribution in [2.45, 2.75) is 51.5 Å². The quantitative estimate of drug-likeness (QED) is 0.685.